The molecule has 0 bridgehead atoms. The lowest BCUT2D eigenvalue weighted by Gasteiger charge is -2.05. The van der Waals surface area contributed by atoms with E-state index in [1.165, 1.54) is 5.56 Å². The lowest BCUT2D eigenvalue weighted by atomic mass is 10.2. The van der Waals surface area contributed by atoms with Crippen molar-refractivity contribution in [2.75, 3.05) is 13.2 Å². The molecule has 2 aromatic rings. The van der Waals surface area contributed by atoms with Crippen LogP contribution in [0.15, 0.2) is 28.7 Å². The fraction of sp³-hybridized carbons (Fsp3) is 0.429. The third kappa shape index (κ3) is 4.06. The van der Waals surface area contributed by atoms with Crippen LogP contribution in [-0.4, -0.2) is 28.5 Å². The van der Waals surface area contributed by atoms with Crippen molar-refractivity contribution in [3.05, 3.63) is 41.6 Å². The number of hydrogen-bond donors (Lipinski definition) is 1. The fourth-order valence-electron chi connectivity index (χ4n) is 1.66. The molecule has 0 aliphatic carbocycles. The van der Waals surface area contributed by atoms with E-state index in [-0.39, 0.29) is 6.61 Å². The third-order valence-corrected chi connectivity index (χ3v) is 2.75. The highest BCUT2D eigenvalue weighted by Gasteiger charge is 2.05. The summed E-state index contributed by atoms with van der Waals surface area (Å²) in [6.07, 6.45) is 1.98. The van der Waals surface area contributed by atoms with Crippen molar-refractivity contribution in [2.24, 2.45) is 0 Å². The highest BCUT2D eigenvalue weighted by Crippen LogP contribution is 2.13. The Morgan fingerprint density at radius 2 is 1.79 bits per heavy atom. The van der Waals surface area contributed by atoms with Gasteiger partial charge >= 0.3 is 0 Å². The van der Waals surface area contributed by atoms with Crippen molar-refractivity contribution in [1.29, 1.82) is 0 Å². The van der Waals surface area contributed by atoms with Crippen molar-refractivity contribution in [3.8, 4) is 5.75 Å². The molecule has 0 aliphatic rings. The van der Waals surface area contributed by atoms with Gasteiger partial charge in [-0.3, -0.25) is 0 Å². The van der Waals surface area contributed by atoms with Crippen LogP contribution in [0, 0.1) is 0 Å². The number of aromatic nitrogens is 2. The molecule has 1 aromatic carbocycles. The molecule has 19 heavy (non-hydrogen) atoms. The smallest absolute Gasteiger partial charge is 0.219 e. The van der Waals surface area contributed by atoms with Crippen molar-refractivity contribution < 1.29 is 14.3 Å². The first-order chi connectivity index (χ1) is 9.31. The summed E-state index contributed by atoms with van der Waals surface area (Å²) in [6, 6.07) is 8.04. The van der Waals surface area contributed by atoms with Crippen LogP contribution in [0.25, 0.3) is 0 Å². The number of aliphatic hydroxyl groups is 1. The zero-order valence-corrected chi connectivity index (χ0v) is 11.0. The molecule has 0 saturated carbocycles. The zero-order chi connectivity index (χ0) is 13.5. The highest BCUT2D eigenvalue weighted by atomic mass is 16.5. The summed E-state index contributed by atoms with van der Waals surface area (Å²) >= 11 is 0. The molecule has 1 heterocycles. The second-order valence-electron chi connectivity index (χ2n) is 4.16. The van der Waals surface area contributed by atoms with Crippen molar-refractivity contribution in [2.45, 2.75) is 26.2 Å². The Balaban J connectivity index is 1.78. The molecular formula is C14H18N2O3. The Kier molecular flexibility index (Phi) is 4.92. The molecule has 5 heteroatoms. The summed E-state index contributed by atoms with van der Waals surface area (Å²) in [5, 5.41) is 16.5. The van der Waals surface area contributed by atoms with Crippen molar-refractivity contribution in [1.82, 2.24) is 10.2 Å². The topological polar surface area (TPSA) is 68.4 Å². The number of benzene rings is 1. The SMILES string of the molecule is CCc1ccc(OCCc2nnc(CCO)o2)cc1. The summed E-state index contributed by atoms with van der Waals surface area (Å²) in [7, 11) is 0. The van der Waals surface area contributed by atoms with E-state index in [1.807, 2.05) is 12.1 Å². The number of rotatable bonds is 7. The molecule has 102 valence electrons. The van der Waals surface area contributed by atoms with Gasteiger partial charge in [0.2, 0.25) is 11.8 Å². The summed E-state index contributed by atoms with van der Waals surface area (Å²) < 4.78 is 10.9. The maximum absolute atomic E-state index is 8.74. The van der Waals surface area contributed by atoms with Gasteiger partial charge in [-0.25, -0.2) is 0 Å². The van der Waals surface area contributed by atoms with Crippen LogP contribution in [0.5, 0.6) is 5.75 Å². The van der Waals surface area contributed by atoms with E-state index < -0.39 is 0 Å². The molecule has 1 aromatic heterocycles. The lowest BCUT2D eigenvalue weighted by molar-refractivity contribution is 0.278. The Labute approximate surface area is 112 Å². The molecular weight excluding hydrogens is 244 g/mol. The van der Waals surface area contributed by atoms with Gasteiger partial charge in [0.05, 0.1) is 19.6 Å². The summed E-state index contributed by atoms with van der Waals surface area (Å²) in [5.41, 5.74) is 1.29. The van der Waals surface area contributed by atoms with E-state index in [4.69, 9.17) is 14.3 Å². The number of aryl methyl sites for hydroxylation is 1. The average Bonchev–Trinajstić information content (AvgIpc) is 2.88. The molecule has 1 N–H and O–H groups in total. The first-order valence-electron chi connectivity index (χ1n) is 6.45. The molecule has 0 amide bonds. The van der Waals surface area contributed by atoms with E-state index in [1.54, 1.807) is 0 Å². The van der Waals surface area contributed by atoms with Crippen LogP contribution in [-0.2, 0) is 19.3 Å². The Bertz CT molecular complexity index is 494. The molecule has 0 spiro atoms. The first kappa shape index (κ1) is 13.5. The predicted octanol–water partition coefficient (Wildman–Crippen LogP) is 1.79. The van der Waals surface area contributed by atoms with E-state index in [0.29, 0.717) is 31.2 Å². The van der Waals surface area contributed by atoms with Crippen LogP contribution in [0.2, 0.25) is 0 Å². The second kappa shape index (κ2) is 6.89. The molecule has 0 radical (unpaired) electrons. The van der Waals surface area contributed by atoms with Crippen LogP contribution >= 0.6 is 0 Å². The van der Waals surface area contributed by atoms with Gasteiger partial charge in [-0.05, 0) is 24.1 Å². The number of hydrogen-bond acceptors (Lipinski definition) is 5. The molecule has 0 atom stereocenters. The van der Waals surface area contributed by atoms with Gasteiger partial charge in [-0.2, -0.15) is 0 Å². The number of nitrogens with zero attached hydrogens (tertiary/aromatic N) is 2. The molecule has 2 rings (SSSR count). The average molecular weight is 262 g/mol. The van der Waals surface area contributed by atoms with E-state index in [9.17, 15) is 0 Å². The van der Waals surface area contributed by atoms with Crippen molar-refractivity contribution in [3.63, 3.8) is 0 Å². The summed E-state index contributed by atoms with van der Waals surface area (Å²) in [4.78, 5) is 0. The Morgan fingerprint density at radius 3 is 2.42 bits per heavy atom. The number of aliphatic hydroxyl groups excluding tert-OH is 1. The van der Waals surface area contributed by atoms with Crippen LogP contribution < -0.4 is 4.74 Å². The van der Waals surface area contributed by atoms with Crippen LogP contribution in [0.3, 0.4) is 0 Å². The standard InChI is InChI=1S/C14H18N2O3/c1-2-11-3-5-12(6-4-11)18-10-8-14-16-15-13(19-14)7-9-17/h3-6,17H,2,7-10H2,1H3. The van der Waals surface area contributed by atoms with Gasteiger partial charge < -0.3 is 14.3 Å². The van der Waals surface area contributed by atoms with Gasteiger partial charge in [-0.1, -0.05) is 19.1 Å². The quantitative estimate of drug-likeness (QED) is 0.824. The lowest BCUT2D eigenvalue weighted by Crippen LogP contribution is -2.01. The minimum atomic E-state index is 0.0158. The normalized spacial score (nSPS) is 10.6. The van der Waals surface area contributed by atoms with E-state index in [2.05, 4.69) is 29.3 Å². The number of ether oxygens (including phenoxy) is 1. The van der Waals surface area contributed by atoms with Gasteiger partial charge in [-0.15, -0.1) is 10.2 Å². The molecule has 0 unspecified atom stereocenters. The van der Waals surface area contributed by atoms with E-state index >= 15 is 0 Å². The van der Waals surface area contributed by atoms with Gasteiger partial charge in [0.15, 0.2) is 0 Å². The Hall–Kier alpha value is -1.88. The maximum atomic E-state index is 8.74. The van der Waals surface area contributed by atoms with E-state index in [0.717, 1.165) is 12.2 Å². The first-order valence-corrected chi connectivity index (χ1v) is 6.45. The van der Waals surface area contributed by atoms with Gasteiger partial charge in [0.25, 0.3) is 0 Å². The summed E-state index contributed by atoms with van der Waals surface area (Å²) in [6.45, 7) is 2.63. The van der Waals surface area contributed by atoms with Crippen LogP contribution in [0.4, 0.5) is 0 Å². The van der Waals surface area contributed by atoms with Crippen LogP contribution in [0.1, 0.15) is 24.3 Å². The predicted molar refractivity (Wildman–Crippen MR) is 70.1 cm³/mol. The summed E-state index contributed by atoms with van der Waals surface area (Å²) in [5.74, 6) is 1.84. The third-order valence-electron chi connectivity index (χ3n) is 2.75. The highest BCUT2D eigenvalue weighted by molar-refractivity contribution is 5.27. The van der Waals surface area contributed by atoms with Gasteiger partial charge in [0.1, 0.15) is 5.75 Å². The monoisotopic (exact) mass is 262 g/mol. The minimum Gasteiger partial charge on any atom is -0.493 e. The Morgan fingerprint density at radius 1 is 1.11 bits per heavy atom. The maximum Gasteiger partial charge on any atom is 0.219 e. The van der Waals surface area contributed by atoms with Gasteiger partial charge in [0, 0.05) is 6.42 Å². The fourth-order valence-corrected chi connectivity index (χ4v) is 1.66. The largest absolute Gasteiger partial charge is 0.493 e. The molecule has 5 nitrogen and oxygen atoms in total. The minimum absolute atomic E-state index is 0.0158. The molecule has 0 fully saturated rings. The molecule has 0 saturated heterocycles. The second-order valence-corrected chi connectivity index (χ2v) is 4.16. The van der Waals surface area contributed by atoms with Crippen molar-refractivity contribution >= 4 is 0 Å². The zero-order valence-electron chi connectivity index (χ0n) is 11.0. The molecule has 0 aliphatic heterocycles.